The lowest BCUT2D eigenvalue weighted by Crippen LogP contribution is -2.29. The Morgan fingerprint density at radius 2 is 1.68 bits per heavy atom. The molecule has 0 aliphatic heterocycles. The van der Waals surface area contributed by atoms with Crippen LogP contribution in [0.4, 0.5) is 13.2 Å². The quantitative estimate of drug-likeness (QED) is 0.405. The Bertz CT molecular complexity index is 1430. The first-order chi connectivity index (χ1) is 16.1. The van der Waals surface area contributed by atoms with Gasteiger partial charge < -0.3 is 10.3 Å². The third kappa shape index (κ3) is 4.81. The maximum Gasteiger partial charge on any atom is 0.449 e. The molecule has 1 atom stereocenters. The van der Waals surface area contributed by atoms with Crippen LogP contribution in [-0.4, -0.2) is 30.0 Å². The van der Waals surface area contributed by atoms with Crippen molar-refractivity contribution in [1.82, 2.24) is 15.3 Å². The van der Waals surface area contributed by atoms with Gasteiger partial charge in [0.15, 0.2) is 9.84 Å². The van der Waals surface area contributed by atoms with E-state index in [4.69, 9.17) is 0 Å². The fraction of sp³-hybridized carbons (Fsp3) is 0.167. The van der Waals surface area contributed by atoms with Crippen LogP contribution in [0.5, 0.6) is 0 Å². The molecule has 0 fully saturated rings. The van der Waals surface area contributed by atoms with E-state index < -0.39 is 33.8 Å². The number of nitrogens with one attached hydrogen (secondary N) is 2. The van der Waals surface area contributed by atoms with Crippen LogP contribution in [0.1, 0.15) is 40.3 Å². The highest BCUT2D eigenvalue weighted by atomic mass is 32.2. The average molecular weight is 488 g/mol. The molecule has 10 heteroatoms. The molecule has 1 heterocycles. The number of fused-ring (bicyclic) bond motifs is 1. The highest BCUT2D eigenvalue weighted by Gasteiger charge is 2.34. The number of rotatable bonds is 6. The van der Waals surface area contributed by atoms with Crippen molar-refractivity contribution in [3.05, 3.63) is 95.3 Å². The molecule has 0 aliphatic rings. The number of hydrogen-bond acceptors (Lipinski definition) is 4. The number of alkyl halides is 3. The lowest BCUT2D eigenvalue weighted by Gasteiger charge is -2.20. The minimum Gasteiger partial charge on any atom is -0.341 e. The second-order valence-corrected chi connectivity index (χ2v) is 9.88. The van der Waals surface area contributed by atoms with Gasteiger partial charge in [-0.15, -0.1) is 0 Å². The summed E-state index contributed by atoms with van der Waals surface area (Å²) in [6.45, 7) is 1.54. The lowest BCUT2D eigenvalue weighted by molar-refractivity contribution is -0.144. The Morgan fingerprint density at radius 1 is 1.00 bits per heavy atom. The normalized spacial score (nSPS) is 13.1. The highest BCUT2D eigenvalue weighted by Crippen LogP contribution is 2.30. The van der Waals surface area contributed by atoms with E-state index >= 15 is 0 Å². The lowest BCUT2D eigenvalue weighted by atomic mass is 9.97. The molecule has 1 unspecified atom stereocenters. The van der Waals surface area contributed by atoms with Crippen molar-refractivity contribution < 1.29 is 26.4 Å². The zero-order valence-electron chi connectivity index (χ0n) is 17.9. The number of hydrogen-bond donors (Lipinski definition) is 2. The molecular formula is C24H20F3N3O3S. The van der Waals surface area contributed by atoms with Crippen LogP contribution in [0.3, 0.4) is 0 Å². The van der Waals surface area contributed by atoms with E-state index in [-0.39, 0.29) is 27.2 Å². The molecule has 176 valence electrons. The summed E-state index contributed by atoms with van der Waals surface area (Å²) in [5.74, 6) is -1.61. The summed E-state index contributed by atoms with van der Waals surface area (Å²) in [5.41, 5.74) is 1.86. The Hall–Kier alpha value is -3.66. The minimum absolute atomic E-state index is 0.0548. The van der Waals surface area contributed by atoms with E-state index in [9.17, 15) is 26.4 Å². The molecule has 0 saturated carbocycles. The van der Waals surface area contributed by atoms with Gasteiger partial charge >= 0.3 is 6.18 Å². The number of H-pyrrole nitrogens is 1. The number of imidazole rings is 1. The molecule has 4 aromatic rings. The Kier molecular flexibility index (Phi) is 6.18. The molecule has 1 amide bonds. The van der Waals surface area contributed by atoms with Crippen LogP contribution in [0, 0.1) is 0 Å². The number of aromatic amines is 1. The Labute approximate surface area is 193 Å². The summed E-state index contributed by atoms with van der Waals surface area (Å²) in [7, 11) is -3.40. The number of sulfone groups is 1. The van der Waals surface area contributed by atoms with Gasteiger partial charge in [0, 0.05) is 5.56 Å². The molecule has 4 rings (SSSR count). The second kappa shape index (κ2) is 8.94. The standard InChI is InChI=1S/C24H20F3N3O3S/c1-2-34(32,33)18-11-8-16(9-12-18)22(31)30-21(15-6-4-3-5-7-15)17-10-13-19-20(14-17)29-23(28-19)24(25,26)27/h3-14,21H,2H2,1H3,(H,28,29)(H,30,31). The first kappa shape index (κ1) is 23.5. The average Bonchev–Trinajstić information content (AvgIpc) is 3.27. The molecule has 0 saturated heterocycles. The number of carbonyl (C=O) groups is 1. The van der Waals surface area contributed by atoms with E-state index in [0.717, 1.165) is 5.56 Å². The molecule has 6 nitrogen and oxygen atoms in total. The molecule has 2 N–H and O–H groups in total. The Balaban J connectivity index is 1.68. The van der Waals surface area contributed by atoms with Crippen LogP contribution >= 0.6 is 0 Å². The van der Waals surface area contributed by atoms with Crippen molar-refractivity contribution in [2.24, 2.45) is 0 Å². The fourth-order valence-corrected chi connectivity index (χ4v) is 4.42. The van der Waals surface area contributed by atoms with E-state index in [0.29, 0.717) is 5.56 Å². The first-order valence-electron chi connectivity index (χ1n) is 10.3. The van der Waals surface area contributed by atoms with Gasteiger partial charge in [0.25, 0.3) is 5.91 Å². The van der Waals surface area contributed by atoms with Gasteiger partial charge in [-0.25, -0.2) is 13.4 Å². The summed E-state index contributed by atoms with van der Waals surface area (Å²) >= 11 is 0. The second-order valence-electron chi connectivity index (χ2n) is 7.60. The monoisotopic (exact) mass is 487 g/mol. The van der Waals surface area contributed by atoms with Gasteiger partial charge in [-0.3, -0.25) is 4.79 Å². The van der Waals surface area contributed by atoms with E-state index in [1.807, 2.05) is 6.07 Å². The van der Waals surface area contributed by atoms with E-state index in [1.165, 1.54) is 43.3 Å². The first-order valence-corrected chi connectivity index (χ1v) is 12.0. The molecule has 0 radical (unpaired) electrons. The fourth-order valence-electron chi connectivity index (χ4n) is 3.54. The van der Waals surface area contributed by atoms with Crippen molar-refractivity contribution in [3.8, 4) is 0 Å². The SMILES string of the molecule is CCS(=O)(=O)c1ccc(C(=O)NC(c2ccccc2)c2ccc3nc(C(F)(F)F)[nH]c3c2)cc1. The molecule has 0 bridgehead atoms. The van der Waals surface area contributed by atoms with Crippen LogP contribution in [0.15, 0.2) is 77.7 Å². The third-order valence-corrected chi connectivity index (χ3v) is 7.12. The maximum atomic E-state index is 13.0. The van der Waals surface area contributed by atoms with Crippen LogP contribution in [0.2, 0.25) is 0 Å². The van der Waals surface area contributed by atoms with Crippen molar-refractivity contribution in [2.45, 2.75) is 24.0 Å². The largest absolute Gasteiger partial charge is 0.449 e. The number of halogens is 3. The summed E-state index contributed by atoms with van der Waals surface area (Å²) in [6, 6.07) is 18.5. The zero-order valence-corrected chi connectivity index (χ0v) is 18.7. The number of nitrogens with zero attached hydrogens (tertiary/aromatic N) is 1. The summed E-state index contributed by atoms with van der Waals surface area (Å²) in [5, 5.41) is 2.89. The third-order valence-electron chi connectivity index (χ3n) is 5.37. The predicted octanol–water partition coefficient (Wildman–Crippen LogP) is 4.89. The van der Waals surface area contributed by atoms with Crippen LogP contribution < -0.4 is 5.32 Å². The molecule has 1 aromatic heterocycles. The van der Waals surface area contributed by atoms with E-state index in [2.05, 4.69) is 15.3 Å². The smallest absolute Gasteiger partial charge is 0.341 e. The maximum absolute atomic E-state index is 13.0. The predicted molar refractivity (Wildman–Crippen MR) is 121 cm³/mol. The van der Waals surface area contributed by atoms with Crippen molar-refractivity contribution in [2.75, 3.05) is 5.75 Å². The van der Waals surface area contributed by atoms with Gasteiger partial charge in [0.05, 0.1) is 27.7 Å². The topological polar surface area (TPSA) is 91.9 Å². The number of benzene rings is 3. The highest BCUT2D eigenvalue weighted by molar-refractivity contribution is 7.91. The molecular weight excluding hydrogens is 467 g/mol. The van der Waals surface area contributed by atoms with Gasteiger partial charge in [0.1, 0.15) is 0 Å². The van der Waals surface area contributed by atoms with Gasteiger partial charge in [-0.1, -0.05) is 43.3 Å². The molecule has 34 heavy (non-hydrogen) atoms. The van der Waals surface area contributed by atoms with Gasteiger partial charge in [0.2, 0.25) is 5.82 Å². The van der Waals surface area contributed by atoms with Gasteiger partial charge in [-0.05, 0) is 47.5 Å². The molecule has 3 aromatic carbocycles. The van der Waals surface area contributed by atoms with Crippen molar-refractivity contribution in [1.29, 1.82) is 0 Å². The minimum atomic E-state index is -4.61. The van der Waals surface area contributed by atoms with Crippen molar-refractivity contribution >= 4 is 26.8 Å². The molecule has 0 spiro atoms. The number of amides is 1. The van der Waals surface area contributed by atoms with Crippen LogP contribution in [0.25, 0.3) is 11.0 Å². The summed E-state index contributed by atoms with van der Waals surface area (Å²) < 4.78 is 63.2. The number of aromatic nitrogens is 2. The summed E-state index contributed by atoms with van der Waals surface area (Å²) in [6.07, 6.45) is -4.61. The molecule has 0 aliphatic carbocycles. The van der Waals surface area contributed by atoms with E-state index in [1.54, 1.807) is 30.3 Å². The van der Waals surface area contributed by atoms with Gasteiger partial charge in [-0.2, -0.15) is 13.2 Å². The van der Waals surface area contributed by atoms with Crippen molar-refractivity contribution in [3.63, 3.8) is 0 Å². The summed E-state index contributed by atoms with van der Waals surface area (Å²) in [4.78, 5) is 19.0. The Morgan fingerprint density at radius 3 is 2.29 bits per heavy atom. The number of carbonyl (C=O) groups excluding carboxylic acids is 1. The zero-order chi connectivity index (χ0) is 24.5. The van der Waals surface area contributed by atoms with Crippen LogP contribution in [-0.2, 0) is 16.0 Å².